The molecule has 2 aliphatic rings. The van der Waals surface area contributed by atoms with Gasteiger partial charge in [-0.3, -0.25) is 9.59 Å². The van der Waals surface area contributed by atoms with Gasteiger partial charge in [-0.1, -0.05) is 12.1 Å². The van der Waals surface area contributed by atoms with Crippen molar-refractivity contribution in [2.75, 3.05) is 18.2 Å². The lowest BCUT2D eigenvalue weighted by Gasteiger charge is -2.29. The summed E-state index contributed by atoms with van der Waals surface area (Å²) in [6, 6.07) is 13.4. The van der Waals surface area contributed by atoms with E-state index in [1.165, 1.54) is 0 Å². The molecule has 2 aliphatic heterocycles. The van der Waals surface area contributed by atoms with E-state index in [1.807, 2.05) is 6.92 Å². The normalized spacial score (nSPS) is 22.2. The Morgan fingerprint density at radius 2 is 1.87 bits per heavy atom. The van der Waals surface area contributed by atoms with E-state index < -0.39 is 6.04 Å². The Labute approximate surface area is 185 Å². The summed E-state index contributed by atoms with van der Waals surface area (Å²) >= 11 is 1.64. The van der Waals surface area contributed by atoms with Crippen molar-refractivity contribution in [3.63, 3.8) is 0 Å². The second kappa shape index (κ2) is 8.63. The minimum Gasteiger partial charge on any atom is -0.497 e. The van der Waals surface area contributed by atoms with E-state index >= 15 is 0 Å². The molecule has 0 saturated carbocycles. The van der Waals surface area contributed by atoms with Crippen LogP contribution in [0, 0.1) is 0 Å². The Hall–Kier alpha value is -3.00. The maximum Gasteiger partial charge on any atom is 0.330 e. The number of hydrogen-bond donors (Lipinski definition) is 1. The van der Waals surface area contributed by atoms with E-state index in [2.05, 4.69) is 5.32 Å². The molecule has 7 nitrogen and oxygen atoms in total. The quantitative estimate of drug-likeness (QED) is 0.693. The second-order valence-corrected chi connectivity index (χ2v) is 9.25. The molecule has 2 fully saturated rings. The standard InChI is InChI=1S/C23H24N2O5S/c1-23-12-11-20(26)25(23)19(14-31-23)22(28)30-13-15-3-5-16(6-4-15)21(27)24-17-7-9-18(29-2)10-8-17/h3-10,19H,11-14H2,1-2H3,(H,24,27)/t19-,23-/m1/s1. The van der Waals surface area contributed by atoms with Crippen LogP contribution in [0.5, 0.6) is 5.75 Å². The number of fused-ring (bicyclic) bond motifs is 1. The summed E-state index contributed by atoms with van der Waals surface area (Å²) in [4.78, 5) is 38.6. The summed E-state index contributed by atoms with van der Waals surface area (Å²) in [5.41, 5.74) is 1.94. The molecule has 0 spiro atoms. The summed E-state index contributed by atoms with van der Waals surface area (Å²) in [5, 5.41) is 2.83. The summed E-state index contributed by atoms with van der Waals surface area (Å²) in [6.07, 6.45) is 1.24. The SMILES string of the molecule is COc1ccc(NC(=O)c2ccc(COC(=O)[C@H]3CS[C@]4(C)CCC(=O)N34)cc2)cc1. The molecule has 0 unspecified atom stereocenters. The van der Waals surface area contributed by atoms with E-state index in [0.717, 1.165) is 12.0 Å². The Bertz CT molecular complexity index is 992. The molecule has 2 aromatic rings. The summed E-state index contributed by atoms with van der Waals surface area (Å²) < 4.78 is 10.6. The first-order valence-corrected chi connectivity index (χ1v) is 11.1. The van der Waals surface area contributed by atoms with Gasteiger partial charge in [0.15, 0.2) is 0 Å². The number of carbonyl (C=O) groups excluding carboxylic acids is 3. The Kier molecular flexibility index (Phi) is 5.91. The highest BCUT2D eigenvalue weighted by atomic mass is 32.2. The van der Waals surface area contributed by atoms with Gasteiger partial charge in [-0.25, -0.2) is 4.79 Å². The summed E-state index contributed by atoms with van der Waals surface area (Å²) in [6.45, 7) is 2.10. The largest absolute Gasteiger partial charge is 0.497 e. The van der Waals surface area contributed by atoms with Crippen molar-refractivity contribution in [1.29, 1.82) is 0 Å². The molecular formula is C23H24N2O5S. The summed E-state index contributed by atoms with van der Waals surface area (Å²) in [5.74, 6) is 0.677. The molecule has 162 valence electrons. The van der Waals surface area contributed by atoms with Crippen molar-refractivity contribution in [3.8, 4) is 5.75 Å². The molecule has 0 radical (unpaired) electrons. The molecule has 2 amide bonds. The van der Waals surface area contributed by atoms with Gasteiger partial charge in [-0.15, -0.1) is 11.8 Å². The zero-order valence-electron chi connectivity index (χ0n) is 17.4. The molecule has 2 aromatic carbocycles. The minimum absolute atomic E-state index is 0.0154. The number of anilines is 1. The van der Waals surface area contributed by atoms with Crippen LogP contribution in [0.3, 0.4) is 0 Å². The first-order valence-electron chi connectivity index (χ1n) is 10.1. The Balaban J connectivity index is 1.31. The second-order valence-electron chi connectivity index (χ2n) is 7.75. The van der Waals surface area contributed by atoms with Gasteiger partial charge in [0.2, 0.25) is 5.91 Å². The number of hydrogen-bond acceptors (Lipinski definition) is 6. The number of nitrogens with zero attached hydrogens (tertiary/aromatic N) is 1. The monoisotopic (exact) mass is 440 g/mol. The summed E-state index contributed by atoms with van der Waals surface area (Å²) in [7, 11) is 1.59. The van der Waals surface area contributed by atoms with Gasteiger partial charge in [0.1, 0.15) is 18.4 Å². The van der Waals surface area contributed by atoms with Crippen molar-refractivity contribution in [2.45, 2.75) is 37.3 Å². The topological polar surface area (TPSA) is 84.9 Å². The minimum atomic E-state index is -0.528. The molecule has 0 aromatic heterocycles. The number of carbonyl (C=O) groups is 3. The Morgan fingerprint density at radius 1 is 1.16 bits per heavy atom. The maximum atomic E-state index is 12.6. The Morgan fingerprint density at radius 3 is 2.55 bits per heavy atom. The van der Waals surface area contributed by atoms with E-state index in [0.29, 0.717) is 29.2 Å². The van der Waals surface area contributed by atoms with Crippen LogP contribution < -0.4 is 10.1 Å². The highest BCUT2D eigenvalue weighted by Gasteiger charge is 2.53. The molecular weight excluding hydrogens is 416 g/mol. The fourth-order valence-electron chi connectivity index (χ4n) is 3.88. The number of esters is 1. The number of thioether (sulfide) groups is 1. The average molecular weight is 441 g/mol. The highest BCUT2D eigenvalue weighted by molar-refractivity contribution is 8.01. The van der Waals surface area contributed by atoms with Crippen LogP contribution in [0.25, 0.3) is 0 Å². The molecule has 31 heavy (non-hydrogen) atoms. The third-order valence-electron chi connectivity index (χ3n) is 5.66. The van der Waals surface area contributed by atoms with Crippen LogP contribution in [-0.2, 0) is 20.9 Å². The molecule has 2 saturated heterocycles. The van der Waals surface area contributed by atoms with Gasteiger partial charge in [-0.05, 0) is 55.3 Å². The lowest BCUT2D eigenvalue weighted by molar-refractivity contribution is -0.154. The van der Waals surface area contributed by atoms with Crippen LogP contribution >= 0.6 is 11.8 Å². The zero-order valence-corrected chi connectivity index (χ0v) is 18.2. The fourth-order valence-corrected chi connectivity index (χ4v) is 5.29. The smallest absolute Gasteiger partial charge is 0.330 e. The number of ether oxygens (including phenoxy) is 2. The molecule has 2 atom stereocenters. The fraction of sp³-hybridized carbons (Fsp3) is 0.348. The third-order valence-corrected chi connectivity index (χ3v) is 7.17. The highest BCUT2D eigenvalue weighted by Crippen LogP contribution is 2.47. The molecule has 4 rings (SSSR count). The third kappa shape index (κ3) is 4.39. The van der Waals surface area contributed by atoms with Crippen molar-refractivity contribution in [1.82, 2.24) is 4.90 Å². The van der Waals surface area contributed by atoms with Gasteiger partial charge in [-0.2, -0.15) is 0 Å². The predicted molar refractivity (Wildman–Crippen MR) is 118 cm³/mol. The lowest BCUT2D eigenvalue weighted by Crippen LogP contribution is -2.46. The van der Waals surface area contributed by atoms with Crippen LogP contribution in [0.2, 0.25) is 0 Å². The van der Waals surface area contributed by atoms with Gasteiger partial charge in [0.25, 0.3) is 5.91 Å². The predicted octanol–water partition coefficient (Wildman–Crippen LogP) is 3.44. The van der Waals surface area contributed by atoms with Gasteiger partial charge in [0.05, 0.1) is 12.0 Å². The van der Waals surface area contributed by atoms with E-state index in [1.54, 1.807) is 72.3 Å². The molecule has 0 aliphatic carbocycles. The number of amides is 2. The van der Waals surface area contributed by atoms with Crippen molar-refractivity contribution < 1.29 is 23.9 Å². The number of benzene rings is 2. The molecule has 2 heterocycles. The average Bonchev–Trinajstić information content (AvgIpc) is 3.28. The van der Waals surface area contributed by atoms with Crippen LogP contribution in [-0.4, -0.2) is 46.5 Å². The van der Waals surface area contributed by atoms with Gasteiger partial charge in [0, 0.05) is 23.4 Å². The van der Waals surface area contributed by atoms with Gasteiger partial charge >= 0.3 is 5.97 Å². The molecule has 1 N–H and O–H groups in total. The maximum absolute atomic E-state index is 12.6. The van der Waals surface area contributed by atoms with Crippen LogP contribution in [0.15, 0.2) is 48.5 Å². The molecule has 8 heteroatoms. The van der Waals surface area contributed by atoms with E-state index in [4.69, 9.17) is 9.47 Å². The molecule has 0 bridgehead atoms. The lowest BCUT2D eigenvalue weighted by atomic mass is 10.1. The van der Waals surface area contributed by atoms with Crippen molar-refractivity contribution in [3.05, 3.63) is 59.7 Å². The first kappa shape index (κ1) is 21.2. The van der Waals surface area contributed by atoms with Crippen LogP contribution in [0.4, 0.5) is 5.69 Å². The van der Waals surface area contributed by atoms with Crippen LogP contribution in [0.1, 0.15) is 35.7 Å². The number of rotatable bonds is 6. The number of nitrogens with one attached hydrogen (secondary N) is 1. The van der Waals surface area contributed by atoms with E-state index in [-0.39, 0.29) is 29.3 Å². The van der Waals surface area contributed by atoms with Crippen molar-refractivity contribution >= 4 is 35.2 Å². The van der Waals surface area contributed by atoms with Crippen molar-refractivity contribution in [2.24, 2.45) is 0 Å². The number of methoxy groups -OCH3 is 1. The van der Waals surface area contributed by atoms with Gasteiger partial charge < -0.3 is 19.7 Å². The first-order chi connectivity index (χ1) is 14.9. The van der Waals surface area contributed by atoms with E-state index in [9.17, 15) is 14.4 Å². The zero-order chi connectivity index (χ0) is 22.0.